The van der Waals surface area contributed by atoms with Gasteiger partial charge in [-0.2, -0.15) is 12.7 Å². The van der Waals surface area contributed by atoms with Crippen LogP contribution >= 0.6 is 0 Å². The molecule has 0 aromatic heterocycles. The van der Waals surface area contributed by atoms with E-state index < -0.39 is 34.5 Å². The van der Waals surface area contributed by atoms with Gasteiger partial charge in [0.2, 0.25) is 11.8 Å². The molecule has 40 heavy (non-hydrogen) atoms. The molecule has 214 valence electrons. The van der Waals surface area contributed by atoms with E-state index >= 15 is 0 Å². The van der Waals surface area contributed by atoms with Gasteiger partial charge in [0.25, 0.3) is 0 Å². The van der Waals surface area contributed by atoms with Crippen molar-refractivity contribution in [2.75, 3.05) is 31.5 Å². The number of rotatable bonds is 13. The lowest BCUT2D eigenvalue weighted by Crippen LogP contribution is -2.54. The summed E-state index contributed by atoms with van der Waals surface area (Å²) in [6.45, 7) is 3.71. The van der Waals surface area contributed by atoms with Crippen LogP contribution in [-0.4, -0.2) is 62.7 Å². The Morgan fingerprint density at radius 1 is 0.850 bits per heavy atom. The van der Waals surface area contributed by atoms with E-state index in [1.54, 1.807) is 0 Å². The van der Waals surface area contributed by atoms with Gasteiger partial charge in [-0.05, 0) is 29.2 Å². The number of halogens is 1. The number of benzene rings is 3. The van der Waals surface area contributed by atoms with E-state index in [9.17, 15) is 22.4 Å². The number of carbonyl (C=O) groups excluding carboxylic acids is 2. The summed E-state index contributed by atoms with van der Waals surface area (Å²) in [6, 6.07) is 22.9. The predicted molar refractivity (Wildman–Crippen MR) is 155 cm³/mol. The third kappa shape index (κ3) is 8.12. The molecule has 0 bridgehead atoms. The van der Waals surface area contributed by atoms with Gasteiger partial charge in [-0.25, -0.2) is 8.70 Å². The van der Waals surface area contributed by atoms with Crippen molar-refractivity contribution in [3.8, 4) is 0 Å². The number of nitrogens with one attached hydrogen (secondary N) is 1. The zero-order valence-corrected chi connectivity index (χ0v) is 24.1. The summed E-state index contributed by atoms with van der Waals surface area (Å²) in [4.78, 5) is 29.1. The summed E-state index contributed by atoms with van der Waals surface area (Å²) >= 11 is 0. The van der Waals surface area contributed by atoms with Gasteiger partial charge < -0.3 is 10.2 Å². The standard InChI is InChI=1S/C30H37FN4O4S/c1-23(2)20-32-30(37)28(19-24-13-7-5-8-14-24)34(21-25-15-9-6-10-16-25)29(36)22-35(40(38,39)33(3)4)27-18-12-11-17-26(27)31/h5-18,23,28H,19-22H2,1-4H3,(H,32,37). The summed E-state index contributed by atoms with van der Waals surface area (Å²) in [6.07, 6.45) is 0.212. The summed E-state index contributed by atoms with van der Waals surface area (Å²) < 4.78 is 43.1. The van der Waals surface area contributed by atoms with Gasteiger partial charge in [0.1, 0.15) is 18.4 Å². The lowest BCUT2D eigenvalue weighted by atomic mass is 10.0. The van der Waals surface area contributed by atoms with Crippen LogP contribution in [0.3, 0.4) is 0 Å². The molecule has 0 aliphatic heterocycles. The Hall–Kier alpha value is -3.76. The van der Waals surface area contributed by atoms with Crippen LogP contribution in [-0.2, 0) is 32.8 Å². The van der Waals surface area contributed by atoms with Crippen molar-refractivity contribution in [2.45, 2.75) is 32.9 Å². The highest BCUT2D eigenvalue weighted by molar-refractivity contribution is 7.90. The molecular weight excluding hydrogens is 531 g/mol. The molecule has 2 amide bonds. The molecule has 3 aromatic carbocycles. The second-order valence-electron chi connectivity index (χ2n) is 10.1. The molecule has 0 spiro atoms. The van der Waals surface area contributed by atoms with Crippen LogP contribution in [0.5, 0.6) is 0 Å². The van der Waals surface area contributed by atoms with Crippen molar-refractivity contribution in [1.82, 2.24) is 14.5 Å². The average Bonchev–Trinajstić information content (AvgIpc) is 2.93. The van der Waals surface area contributed by atoms with E-state index in [2.05, 4.69) is 5.32 Å². The maximum atomic E-state index is 14.9. The highest BCUT2D eigenvalue weighted by atomic mass is 32.2. The van der Waals surface area contributed by atoms with Gasteiger partial charge in [0, 0.05) is 33.6 Å². The van der Waals surface area contributed by atoms with Gasteiger partial charge in [-0.1, -0.05) is 86.6 Å². The fourth-order valence-electron chi connectivity index (χ4n) is 4.11. The Labute approximate surface area is 236 Å². The van der Waals surface area contributed by atoms with Crippen molar-refractivity contribution in [3.63, 3.8) is 0 Å². The van der Waals surface area contributed by atoms with Crippen molar-refractivity contribution in [1.29, 1.82) is 0 Å². The summed E-state index contributed by atoms with van der Waals surface area (Å²) in [5.74, 6) is -1.60. The monoisotopic (exact) mass is 568 g/mol. The zero-order valence-electron chi connectivity index (χ0n) is 23.3. The van der Waals surface area contributed by atoms with E-state index in [-0.39, 0.29) is 30.5 Å². The first kappa shape index (κ1) is 30.8. The van der Waals surface area contributed by atoms with E-state index in [1.807, 2.05) is 74.5 Å². The Kier molecular flexibility index (Phi) is 10.8. The fraction of sp³-hybridized carbons (Fsp3) is 0.333. The molecule has 1 atom stereocenters. The SMILES string of the molecule is CC(C)CNC(=O)C(Cc1ccccc1)N(Cc1ccccc1)C(=O)CN(c1ccccc1F)S(=O)(=O)N(C)C. The number of hydrogen-bond donors (Lipinski definition) is 1. The fourth-order valence-corrected chi connectivity index (χ4v) is 5.18. The summed E-state index contributed by atoms with van der Waals surface area (Å²) in [5.41, 5.74) is 1.34. The van der Waals surface area contributed by atoms with E-state index in [0.29, 0.717) is 6.54 Å². The molecule has 3 aromatic rings. The minimum atomic E-state index is -4.26. The molecule has 0 aliphatic rings. The molecule has 8 nitrogen and oxygen atoms in total. The highest BCUT2D eigenvalue weighted by Gasteiger charge is 2.35. The van der Waals surface area contributed by atoms with Crippen LogP contribution in [0.2, 0.25) is 0 Å². The minimum Gasteiger partial charge on any atom is -0.354 e. The van der Waals surface area contributed by atoms with Crippen LogP contribution in [0.15, 0.2) is 84.9 Å². The highest BCUT2D eigenvalue weighted by Crippen LogP contribution is 2.24. The lowest BCUT2D eigenvalue weighted by molar-refractivity contribution is -0.140. The van der Waals surface area contributed by atoms with Crippen LogP contribution in [0.25, 0.3) is 0 Å². The first-order valence-electron chi connectivity index (χ1n) is 13.1. The quantitative estimate of drug-likeness (QED) is 0.339. The Balaban J connectivity index is 2.07. The first-order valence-corrected chi connectivity index (χ1v) is 14.5. The first-order chi connectivity index (χ1) is 19.0. The van der Waals surface area contributed by atoms with Crippen LogP contribution in [0.1, 0.15) is 25.0 Å². The molecule has 1 unspecified atom stereocenters. The van der Waals surface area contributed by atoms with Crippen LogP contribution < -0.4 is 9.62 Å². The van der Waals surface area contributed by atoms with Gasteiger partial charge in [-0.3, -0.25) is 9.59 Å². The Morgan fingerprint density at radius 2 is 1.40 bits per heavy atom. The van der Waals surface area contributed by atoms with Crippen LogP contribution in [0.4, 0.5) is 10.1 Å². The lowest BCUT2D eigenvalue weighted by Gasteiger charge is -2.34. The minimum absolute atomic E-state index is 0.0550. The normalized spacial score (nSPS) is 12.3. The Morgan fingerprint density at radius 3 is 1.95 bits per heavy atom. The van der Waals surface area contributed by atoms with Gasteiger partial charge in [-0.15, -0.1) is 0 Å². The topological polar surface area (TPSA) is 90.0 Å². The van der Waals surface area contributed by atoms with Crippen LogP contribution in [0, 0.1) is 11.7 Å². The van der Waals surface area contributed by atoms with Gasteiger partial charge in [0.15, 0.2) is 0 Å². The average molecular weight is 569 g/mol. The van der Waals surface area contributed by atoms with Crippen molar-refractivity contribution >= 4 is 27.7 Å². The largest absolute Gasteiger partial charge is 0.354 e. The van der Waals surface area contributed by atoms with E-state index in [1.165, 1.54) is 37.2 Å². The molecule has 0 fully saturated rings. The van der Waals surface area contributed by atoms with Gasteiger partial charge in [0.05, 0.1) is 5.69 Å². The zero-order chi connectivity index (χ0) is 29.3. The molecule has 1 N–H and O–H groups in total. The Bertz CT molecular complexity index is 1370. The smallest absolute Gasteiger partial charge is 0.304 e. The molecule has 0 saturated heterocycles. The van der Waals surface area contributed by atoms with Gasteiger partial charge >= 0.3 is 10.2 Å². The third-order valence-corrected chi connectivity index (χ3v) is 8.10. The molecule has 0 heterocycles. The van der Waals surface area contributed by atoms with Crippen molar-refractivity contribution < 1.29 is 22.4 Å². The molecular formula is C30H37FN4O4S. The molecule has 10 heteroatoms. The number of anilines is 1. The third-order valence-electron chi connectivity index (χ3n) is 6.29. The van der Waals surface area contributed by atoms with Crippen molar-refractivity contribution in [3.05, 3.63) is 102 Å². The summed E-state index contributed by atoms with van der Waals surface area (Å²) in [5, 5.41) is 2.93. The number of para-hydroxylation sites is 1. The molecule has 0 radical (unpaired) electrons. The maximum absolute atomic E-state index is 14.9. The second-order valence-corrected chi connectivity index (χ2v) is 12.2. The number of hydrogen-bond acceptors (Lipinski definition) is 4. The number of amides is 2. The van der Waals surface area contributed by atoms with Crippen molar-refractivity contribution in [2.24, 2.45) is 5.92 Å². The predicted octanol–water partition coefficient (Wildman–Crippen LogP) is 3.85. The summed E-state index contributed by atoms with van der Waals surface area (Å²) in [7, 11) is -1.64. The second kappa shape index (κ2) is 14.0. The van der Waals surface area contributed by atoms with E-state index in [4.69, 9.17) is 0 Å². The molecule has 3 rings (SSSR count). The maximum Gasteiger partial charge on any atom is 0.304 e. The molecule has 0 saturated carbocycles. The van der Waals surface area contributed by atoms with E-state index in [0.717, 1.165) is 25.8 Å². The molecule has 0 aliphatic carbocycles. The number of nitrogens with zero attached hydrogens (tertiary/aromatic N) is 3. The number of carbonyl (C=O) groups is 2.